The number of aromatic nitrogens is 3. The second-order valence-electron chi connectivity index (χ2n) is 6.51. The number of ether oxygens (including phenoxy) is 1. The Bertz CT molecular complexity index is 688. The molecular formula is C19H33IN6O. The van der Waals surface area contributed by atoms with Gasteiger partial charge >= 0.3 is 0 Å². The lowest BCUT2D eigenvalue weighted by Gasteiger charge is -2.20. The lowest BCUT2D eigenvalue weighted by atomic mass is 10.0. The van der Waals surface area contributed by atoms with Gasteiger partial charge in [-0.1, -0.05) is 19.9 Å². The Morgan fingerprint density at radius 2 is 2.04 bits per heavy atom. The highest BCUT2D eigenvalue weighted by Gasteiger charge is 2.12. The molecule has 0 radical (unpaired) electrons. The van der Waals surface area contributed by atoms with Gasteiger partial charge in [-0.15, -0.1) is 34.2 Å². The zero-order valence-electron chi connectivity index (χ0n) is 16.8. The van der Waals surface area contributed by atoms with Gasteiger partial charge in [-0.3, -0.25) is 9.39 Å². The minimum atomic E-state index is 0. The largest absolute Gasteiger partial charge is 0.378 e. The maximum atomic E-state index is 5.79. The molecule has 2 aromatic rings. The third-order valence-corrected chi connectivity index (χ3v) is 4.18. The van der Waals surface area contributed by atoms with Gasteiger partial charge in [0.2, 0.25) is 0 Å². The molecule has 0 fully saturated rings. The molecule has 27 heavy (non-hydrogen) atoms. The van der Waals surface area contributed by atoms with Gasteiger partial charge < -0.3 is 15.4 Å². The first-order valence-electron chi connectivity index (χ1n) is 9.58. The SMILES string of the molecule is CCNC(=NCCC(OCC)C(C)C)NCCc1nnc2ccccn12.I. The third kappa shape index (κ3) is 7.61. The maximum Gasteiger partial charge on any atom is 0.191 e. The fourth-order valence-electron chi connectivity index (χ4n) is 2.82. The molecule has 8 heteroatoms. The molecule has 1 atom stereocenters. The van der Waals surface area contributed by atoms with Gasteiger partial charge in [-0.2, -0.15) is 0 Å². The van der Waals surface area contributed by atoms with E-state index in [0.717, 1.165) is 56.5 Å². The van der Waals surface area contributed by atoms with Crippen molar-refractivity contribution in [2.24, 2.45) is 10.9 Å². The van der Waals surface area contributed by atoms with E-state index in [1.165, 1.54) is 0 Å². The molecule has 0 aliphatic carbocycles. The molecule has 0 spiro atoms. The van der Waals surface area contributed by atoms with Crippen LogP contribution in [0.2, 0.25) is 0 Å². The number of pyridine rings is 1. The summed E-state index contributed by atoms with van der Waals surface area (Å²) in [5, 5.41) is 15.1. The zero-order valence-corrected chi connectivity index (χ0v) is 19.1. The van der Waals surface area contributed by atoms with Crippen molar-refractivity contribution < 1.29 is 4.74 Å². The molecule has 0 saturated carbocycles. The Morgan fingerprint density at radius 1 is 1.22 bits per heavy atom. The monoisotopic (exact) mass is 488 g/mol. The average Bonchev–Trinajstić information content (AvgIpc) is 3.04. The average molecular weight is 488 g/mol. The van der Waals surface area contributed by atoms with E-state index in [0.29, 0.717) is 5.92 Å². The van der Waals surface area contributed by atoms with E-state index >= 15 is 0 Å². The summed E-state index contributed by atoms with van der Waals surface area (Å²) in [5.41, 5.74) is 0.874. The van der Waals surface area contributed by atoms with Gasteiger partial charge in [0.1, 0.15) is 5.82 Å². The van der Waals surface area contributed by atoms with Crippen LogP contribution in [-0.2, 0) is 11.2 Å². The number of aliphatic imine (C=N–C) groups is 1. The molecule has 0 aromatic carbocycles. The molecule has 0 bridgehead atoms. The lowest BCUT2D eigenvalue weighted by molar-refractivity contribution is 0.0266. The van der Waals surface area contributed by atoms with E-state index in [1.807, 2.05) is 35.7 Å². The van der Waals surface area contributed by atoms with Crippen molar-refractivity contribution >= 4 is 35.6 Å². The van der Waals surface area contributed by atoms with Crippen LogP contribution in [0.3, 0.4) is 0 Å². The second-order valence-corrected chi connectivity index (χ2v) is 6.51. The predicted molar refractivity (Wildman–Crippen MR) is 121 cm³/mol. The van der Waals surface area contributed by atoms with Crippen LogP contribution in [0.5, 0.6) is 0 Å². The lowest BCUT2D eigenvalue weighted by Crippen LogP contribution is -2.38. The first-order chi connectivity index (χ1) is 12.7. The van der Waals surface area contributed by atoms with Gasteiger partial charge in [-0.05, 0) is 38.3 Å². The molecule has 152 valence electrons. The van der Waals surface area contributed by atoms with Crippen molar-refractivity contribution in [3.63, 3.8) is 0 Å². The molecule has 7 nitrogen and oxygen atoms in total. The van der Waals surface area contributed by atoms with Gasteiger partial charge in [0, 0.05) is 38.9 Å². The molecule has 1 unspecified atom stereocenters. The Hall–Kier alpha value is -1.42. The third-order valence-electron chi connectivity index (χ3n) is 4.18. The highest BCUT2D eigenvalue weighted by atomic mass is 127. The van der Waals surface area contributed by atoms with Gasteiger partial charge in [0.25, 0.3) is 0 Å². The van der Waals surface area contributed by atoms with Crippen LogP contribution in [0.25, 0.3) is 5.65 Å². The van der Waals surface area contributed by atoms with E-state index in [9.17, 15) is 0 Å². The number of nitrogens with one attached hydrogen (secondary N) is 2. The van der Waals surface area contributed by atoms with E-state index < -0.39 is 0 Å². The van der Waals surface area contributed by atoms with Crippen molar-refractivity contribution in [2.45, 2.75) is 46.6 Å². The van der Waals surface area contributed by atoms with Crippen LogP contribution in [-0.4, -0.2) is 52.9 Å². The molecule has 0 amide bonds. The summed E-state index contributed by atoms with van der Waals surface area (Å²) in [6, 6.07) is 5.91. The summed E-state index contributed by atoms with van der Waals surface area (Å²) in [6.07, 6.45) is 3.96. The fraction of sp³-hybridized carbons (Fsp3) is 0.632. The summed E-state index contributed by atoms with van der Waals surface area (Å²) in [5.74, 6) is 2.28. The van der Waals surface area contributed by atoms with E-state index in [-0.39, 0.29) is 30.1 Å². The first kappa shape index (κ1) is 23.6. The number of rotatable bonds is 10. The standard InChI is InChI=1S/C19H32N6O.HI/c1-5-20-19(21-12-10-16(15(3)4)26-6-2)22-13-11-18-24-23-17-9-7-8-14-25(17)18;/h7-9,14-16H,5-6,10-13H2,1-4H3,(H2,20,21,22);1H. The summed E-state index contributed by atoms with van der Waals surface area (Å²) < 4.78 is 7.80. The summed E-state index contributed by atoms with van der Waals surface area (Å²) in [4.78, 5) is 4.67. The highest BCUT2D eigenvalue weighted by molar-refractivity contribution is 14.0. The number of guanidine groups is 1. The van der Waals surface area contributed by atoms with Crippen LogP contribution >= 0.6 is 24.0 Å². The maximum absolute atomic E-state index is 5.79. The fourth-order valence-corrected chi connectivity index (χ4v) is 2.82. The number of nitrogens with zero attached hydrogens (tertiary/aromatic N) is 4. The minimum Gasteiger partial charge on any atom is -0.378 e. The number of halogens is 1. The van der Waals surface area contributed by atoms with E-state index in [2.05, 4.69) is 46.6 Å². The highest BCUT2D eigenvalue weighted by Crippen LogP contribution is 2.10. The van der Waals surface area contributed by atoms with Gasteiger partial charge in [-0.25, -0.2) is 0 Å². The summed E-state index contributed by atoms with van der Waals surface area (Å²) in [7, 11) is 0. The minimum absolute atomic E-state index is 0. The van der Waals surface area contributed by atoms with Crippen LogP contribution in [0.1, 0.15) is 39.9 Å². The topological polar surface area (TPSA) is 75.8 Å². The van der Waals surface area contributed by atoms with Crippen molar-refractivity contribution in [1.29, 1.82) is 0 Å². The van der Waals surface area contributed by atoms with Crippen molar-refractivity contribution in [3.8, 4) is 0 Å². The molecule has 2 N–H and O–H groups in total. The predicted octanol–water partition coefficient (Wildman–Crippen LogP) is 2.90. The summed E-state index contributed by atoms with van der Waals surface area (Å²) >= 11 is 0. The normalized spacial score (nSPS) is 12.9. The smallest absolute Gasteiger partial charge is 0.191 e. The molecule has 2 rings (SSSR count). The molecular weight excluding hydrogens is 455 g/mol. The second kappa shape index (κ2) is 12.9. The van der Waals surface area contributed by atoms with Crippen LogP contribution in [0.4, 0.5) is 0 Å². The van der Waals surface area contributed by atoms with Crippen molar-refractivity contribution in [3.05, 3.63) is 30.2 Å². The van der Waals surface area contributed by atoms with Crippen LogP contribution < -0.4 is 10.6 Å². The molecule has 0 aliphatic rings. The number of fused-ring (bicyclic) bond motifs is 1. The van der Waals surface area contributed by atoms with Crippen LogP contribution in [0, 0.1) is 5.92 Å². The Kier molecular flexibility index (Phi) is 11.3. The van der Waals surface area contributed by atoms with Gasteiger partial charge in [0.15, 0.2) is 11.6 Å². The first-order valence-corrected chi connectivity index (χ1v) is 9.58. The van der Waals surface area contributed by atoms with Crippen LogP contribution in [0.15, 0.2) is 29.4 Å². The number of hydrogen-bond acceptors (Lipinski definition) is 4. The van der Waals surface area contributed by atoms with E-state index in [1.54, 1.807) is 0 Å². The molecule has 2 aromatic heterocycles. The molecule has 2 heterocycles. The quantitative estimate of drug-likeness (QED) is 0.306. The van der Waals surface area contributed by atoms with Crippen molar-refractivity contribution in [2.75, 3.05) is 26.2 Å². The van der Waals surface area contributed by atoms with Crippen molar-refractivity contribution in [1.82, 2.24) is 25.2 Å². The van der Waals surface area contributed by atoms with Gasteiger partial charge in [0.05, 0.1) is 6.10 Å². The number of hydrogen-bond donors (Lipinski definition) is 2. The van der Waals surface area contributed by atoms with E-state index in [4.69, 9.17) is 4.74 Å². The molecule has 0 saturated heterocycles. The Balaban J connectivity index is 0.00000364. The Morgan fingerprint density at radius 3 is 2.74 bits per heavy atom. The Labute approximate surface area is 179 Å². The summed E-state index contributed by atoms with van der Waals surface area (Å²) in [6.45, 7) is 11.6. The molecule has 0 aliphatic heterocycles. The zero-order chi connectivity index (χ0) is 18.8.